The molecule has 6 heteroatoms. The third-order valence-corrected chi connectivity index (χ3v) is 2.42. The number of amides is 4. The van der Waals surface area contributed by atoms with E-state index in [0.29, 0.717) is 11.3 Å². The first-order chi connectivity index (χ1) is 8.11. The van der Waals surface area contributed by atoms with E-state index in [-0.39, 0.29) is 0 Å². The highest BCUT2D eigenvalue weighted by Crippen LogP contribution is 2.22. The SMILES string of the molecule is COc1cccc(C2C(=O)NC(=O)NC2=O)c1. The summed E-state index contributed by atoms with van der Waals surface area (Å²) in [6.07, 6.45) is 0. The van der Waals surface area contributed by atoms with Crippen LogP contribution in [0, 0.1) is 0 Å². The number of hydrogen-bond donors (Lipinski definition) is 2. The van der Waals surface area contributed by atoms with E-state index >= 15 is 0 Å². The van der Waals surface area contributed by atoms with Crippen molar-refractivity contribution >= 4 is 17.8 Å². The van der Waals surface area contributed by atoms with Crippen LogP contribution in [0.25, 0.3) is 0 Å². The summed E-state index contributed by atoms with van der Waals surface area (Å²) in [6.45, 7) is 0. The lowest BCUT2D eigenvalue weighted by molar-refractivity contribution is -0.132. The summed E-state index contributed by atoms with van der Waals surface area (Å²) in [5, 5.41) is 4.09. The van der Waals surface area contributed by atoms with Crippen molar-refractivity contribution < 1.29 is 19.1 Å². The van der Waals surface area contributed by atoms with Crippen molar-refractivity contribution in [1.82, 2.24) is 10.6 Å². The minimum Gasteiger partial charge on any atom is -0.497 e. The maximum absolute atomic E-state index is 11.6. The fourth-order valence-electron chi connectivity index (χ4n) is 1.64. The molecule has 1 saturated heterocycles. The van der Waals surface area contributed by atoms with Gasteiger partial charge in [0.05, 0.1) is 7.11 Å². The molecule has 0 spiro atoms. The predicted molar refractivity (Wildman–Crippen MR) is 57.4 cm³/mol. The molecule has 1 aliphatic rings. The molecule has 1 aromatic rings. The molecule has 2 N–H and O–H groups in total. The Morgan fingerprint density at radius 1 is 1.12 bits per heavy atom. The summed E-state index contributed by atoms with van der Waals surface area (Å²) in [6, 6.07) is 5.79. The number of ether oxygens (including phenoxy) is 1. The van der Waals surface area contributed by atoms with E-state index in [2.05, 4.69) is 0 Å². The van der Waals surface area contributed by atoms with Crippen LogP contribution in [0.3, 0.4) is 0 Å². The van der Waals surface area contributed by atoms with Gasteiger partial charge in [0, 0.05) is 0 Å². The second-order valence-electron chi connectivity index (χ2n) is 3.52. The first-order valence-corrected chi connectivity index (χ1v) is 4.91. The van der Waals surface area contributed by atoms with E-state index in [0.717, 1.165) is 0 Å². The molecule has 2 rings (SSSR count). The maximum Gasteiger partial charge on any atom is 0.328 e. The molecular weight excluding hydrogens is 224 g/mol. The van der Waals surface area contributed by atoms with Crippen molar-refractivity contribution in [2.75, 3.05) is 7.11 Å². The molecule has 4 amide bonds. The lowest BCUT2D eigenvalue weighted by Gasteiger charge is -2.21. The summed E-state index contributed by atoms with van der Waals surface area (Å²) in [7, 11) is 1.49. The molecule has 0 radical (unpaired) electrons. The topological polar surface area (TPSA) is 84.5 Å². The molecule has 0 aromatic heterocycles. The van der Waals surface area contributed by atoms with Gasteiger partial charge in [-0.2, -0.15) is 0 Å². The van der Waals surface area contributed by atoms with Crippen LogP contribution in [0.4, 0.5) is 4.79 Å². The number of rotatable bonds is 2. The largest absolute Gasteiger partial charge is 0.497 e. The van der Waals surface area contributed by atoms with Crippen molar-refractivity contribution in [3.05, 3.63) is 29.8 Å². The first-order valence-electron chi connectivity index (χ1n) is 4.91. The summed E-state index contributed by atoms with van der Waals surface area (Å²) in [5.41, 5.74) is 0.479. The van der Waals surface area contributed by atoms with E-state index in [1.807, 2.05) is 10.6 Å². The van der Waals surface area contributed by atoms with Gasteiger partial charge in [-0.25, -0.2) is 4.79 Å². The van der Waals surface area contributed by atoms with Crippen LogP contribution in [-0.2, 0) is 9.59 Å². The van der Waals surface area contributed by atoms with Crippen molar-refractivity contribution in [3.8, 4) is 5.75 Å². The van der Waals surface area contributed by atoms with Gasteiger partial charge < -0.3 is 4.74 Å². The number of benzene rings is 1. The Hall–Kier alpha value is -2.37. The number of hydrogen-bond acceptors (Lipinski definition) is 4. The number of carbonyl (C=O) groups is 3. The van der Waals surface area contributed by atoms with Gasteiger partial charge in [0.1, 0.15) is 11.7 Å². The van der Waals surface area contributed by atoms with Gasteiger partial charge in [0.25, 0.3) is 0 Å². The molecule has 1 heterocycles. The van der Waals surface area contributed by atoms with Gasteiger partial charge >= 0.3 is 6.03 Å². The van der Waals surface area contributed by atoms with E-state index < -0.39 is 23.8 Å². The van der Waals surface area contributed by atoms with E-state index in [1.165, 1.54) is 7.11 Å². The van der Waals surface area contributed by atoms with E-state index in [4.69, 9.17) is 4.74 Å². The number of urea groups is 1. The normalized spacial score (nSPS) is 16.4. The molecule has 0 saturated carbocycles. The zero-order chi connectivity index (χ0) is 12.4. The van der Waals surface area contributed by atoms with Gasteiger partial charge in [0.2, 0.25) is 11.8 Å². The summed E-state index contributed by atoms with van der Waals surface area (Å²) < 4.78 is 5.01. The van der Waals surface area contributed by atoms with Gasteiger partial charge in [-0.3, -0.25) is 20.2 Å². The second-order valence-corrected chi connectivity index (χ2v) is 3.52. The highest BCUT2D eigenvalue weighted by atomic mass is 16.5. The minimum atomic E-state index is -1.03. The summed E-state index contributed by atoms with van der Waals surface area (Å²) in [4.78, 5) is 34.1. The lowest BCUT2D eigenvalue weighted by atomic mass is 9.96. The van der Waals surface area contributed by atoms with Crippen molar-refractivity contribution in [3.63, 3.8) is 0 Å². The first kappa shape index (κ1) is 11.1. The molecule has 0 aliphatic carbocycles. The zero-order valence-corrected chi connectivity index (χ0v) is 9.02. The molecule has 0 atom stereocenters. The smallest absolute Gasteiger partial charge is 0.328 e. The van der Waals surface area contributed by atoms with Gasteiger partial charge in [-0.1, -0.05) is 12.1 Å². The quantitative estimate of drug-likeness (QED) is 0.713. The summed E-state index contributed by atoms with van der Waals surface area (Å²) >= 11 is 0. The minimum absolute atomic E-state index is 0.479. The Balaban J connectivity index is 2.34. The predicted octanol–water partition coefficient (Wildman–Crippen LogP) is 0.145. The fraction of sp³-hybridized carbons (Fsp3) is 0.182. The number of barbiturate groups is 1. The Bertz CT molecular complexity index is 478. The van der Waals surface area contributed by atoms with Crippen molar-refractivity contribution in [2.45, 2.75) is 5.92 Å². The third kappa shape index (κ3) is 2.10. The Morgan fingerprint density at radius 3 is 2.35 bits per heavy atom. The highest BCUT2D eigenvalue weighted by Gasteiger charge is 2.35. The monoisotopic (exact) mass is 234 g/mol. The van der Waals surface area contributed by atoms with E-state index in [1.54, 1.807) is 24.3 Å². The Morgan fingerprint density at radius 2 is 1.76 bits per heavy atom. The van der Waals surface area contributed by atoms with Crippen LogP contribution in [-0.4, -0.2) is 25.0 Å². The number of imide groups is 2. The average molecular weight is 234 g/mol. The third-order valence-electron chi connectivity index (χ3n) is 2.42. The van der Waals surface area contributed by atoms with Crippen molar-refractivity contribution in [1.29, 1.82) is 0 Å². The fourth-order valence-corrected chi connectivity index (χ4v) is 1.64. The van der Waals surface area contributed by atoms with Crippen LogP contribution in [0.15, 0.2) is 24.3 Å². The molecule has 6 nitrogen and oxygen atoms in total. The second kappa shape index (κ2) is 4.25. The average Bonchev–Trinajstić information content (AvgIpc) is 2.28. The molecule has 1 aromatic carbocycles. The molecule has 1 fully saturated rings. The van der Waals surface area contributed by atoms with Gasteiger partial charge in [-0.05, 0) is 17.7 Å². The highest BCUT2D eigenvalue weighted by molar-refractivity contribution is 6.19. The van der Waals surface area contributed by atoms with Gasteiger partial charge in [-0.15, -0.1) is 0 Å². The molecule has 1 aliphatic heterocycles. The summed E-state index contributed by atoms with van der Waals surface area (Å²) in [5.74, 6) is -1.75. The van der Waals surface area contributed by atoms with Crippen molar-refractivity contribution in [2.24, 2.45) is 0 Å². The Labute approximate surface area is 96.9 Å². The Kier molecular flexibility index (Phi) is 2.78. The number of methoxy groups -OCH3 is 1. The number of nitrogens with one attached hydrogen (secondary N) is 2. The lowest BCUT2D eigenvalue weighted by Crippen LogP contribution is -2.54. The molecule has 88 valence electrons. The molecule has 0 unspecified atom stereocenters. The van der Waals surface area contributed by atoms with Gasteiger partial charge in [0.15, 0.2) is 0 Å². The molecular formula is C11H10N2O4. The van der Waals surface area contributed by atoms with Crippen LogP contribution in [0.2, 0.25) is 0 Å². The van der Waals surface area contributed by atoms with Crippen LogP contribution in [0.1, 0.15) is 11.5 Å². The van der Waals surface area contributed by atoms with Crippen LogP contribution in [0.5, 0.6) is 5.75 Å². The maximum atomic E-state index is 11.6. The standard InChI is InChI=1S/C11H10N2O4/c1-17-7-4-2-3-6(5-7)8-9(14)12-11(16)13-10(8)15/h2-5,8H,1H3,(H2,12,13,14,15,16). The molecule has 17 heavy (non-hydrogen) atoms. The molecule has 0 bridgehead atoms. The van der Waals surface area contributed by atoms with Crippen LogP contribution >= 0.6 is 0 Å². The zero-order valence-electron chi connectivity index (χ0n) is 9.02. The van der Waals surface area contributed by atoms with E-state index in [9.17, 15) is 14.4 Å². The van der Waals surface area contributed by atoms with Crippen LogP contribution < -0.4 is 15.4 Å². The number of carbonyl (C=O) groups excluding carboxylic acids is 3.